The van der Waals surface area contributed by atoms with Crippen LogP contribution in [0.4, 0.5) is 11.5 Å². The minimum atomic E-state index is 0.525. The van der Waals surface area contributed by atoms with Crippen LogP contribution in [-0.2, 0) is 13.6 Å². The van der Waals surface area contributed by atoms with Gasteiger partial charge in [0.05, 0.1) is 23.1 Å². The smallest absolute Gasteiger partial charge is 0.126 e. The van der Waals surface area contributed by atoms with E-state index in [1.165, 1.54) is 0 Å². The van der Waals surface area contributed by atoms with Gasteiger partial charge in [-0.2, -0.15) is 10.4 Å². The summed E-state index contributed by atoms with van der Waals surface area (Å²) in [5.74, 6) is 0.619. The molecule has 6 heteroatoms. The highest BCUT2D eigenvalue weighted by molar-refractivity contribution is 5.60. The number of nitrogens with one attached hydrogen (secondary N) is 1. The number of anilines is 2. The average Bonchev–Trinajstić information content (AvgIpc) is 2.67. The number of nitrogens with zero attached hydrogens (tertiary/aromatic N) is 4. The van der Waals surface area contributed by atoms with Crippen LogP contribution in [0.3, 0.4) is 0 Å². The number of aryl methyl sites for hydroxylation is 3. The molecule has 0 aliphatic carbocycles. The molecule has 0 aliphatic rings. The molecule has 0 unspecified atom stereocenters. The summed E-state index contributed by atoms with van der Waals surface area (Å²) >= 11 is 0. The number of hydrogen-bond donors (Lipinski definition) is 2. The van der Waals surface area contributed by atoms with E-state index in [0.717, 1.165) is 22.6 Å². The monoisotopic (exact) mass is 256 g/mol. The van der Waals surface area contributed by atoms with E-state index >= 15 is 0 Å². The topological polar surface area (TPSA) is 92.5 Å². The molecule has 0 amide bonds. The first-order valence-electron chi connectivity index (χ1n) is 5.91. The van der Waals surface area contributed by atoms with Crippen LogP contribution in [-0.4, -0.2) is 14.8 Å². The zero-order chi connectivity index (χ0) is 14.0. The molecule has 0 radical (unpaired) electrons. The van der Waals surface area contributed by atoms with Crippen LogP contribution in [0, 0.1) is 25.2 Å². The first kappa shape index (κ1) is 12.9. The number of nitrogen functional groups attached to an aromatic ring is 1. The third-order valence-corrected chi connectivity index (χ3v) is 2.97. The predicted octanol–water partition coefficient (Wildman–Crippen LogP) is 1.50. The van der Waals surface area contributed by atoms with Crippen LogP contribution in [0.25, 0.3) is 0 Å². The van der Waals surface area contributed by atoms with Crippen molar-refractivity contribution in [2.75, 3.05) is 11.1 Å². The minimum absolute atomic E-state index is 0.525. The fourth-order valence-electron chi connectivity index (χ4n) is 1.93. The molecule has 0 spiro atoms. The first-order valence-corrected chi connectivity index (χ1v) is 5.91. The Kier molecular flexibility index (Phi) is 3.38. The molecule has 0 fully saturated rings. The summed E-state index contributed by atoms with van der Waals surface area (Å²) in [4.78, 5) is 4.28. The quantitative estimate of drug-likeness (QED) is 0.868. The summed E-state index contributed by atoms with van der Waals surface area (Å²) in [7, 11) is 1.79. The fraction of sp³-hybridized carbons (Fsp3) is 0.308. The lowest BCUT2D eigenvalue weighted by Gasteiger charge is -2.10. The molecule has 0 atom stereocenters. The SMILES string of the molecule is Cc1cc(NCc2cnn(C)c2N)c(C#N)c(C)n1. The molecule has 2 heterocycles. The van der Waals surface area contributed by atoms with E-state index in [4.69, 9.17) is 5.73 Å². The first-order chi connectivity index (χ1) is 9.02. The Balaban J connectivity index is 2.25. The molecule has 3 N–H and O–H groups in total. The van der Waals surface area contributed by atoms with E-state index in [0.29, 0.717) is 17.9 Å². The Labute approximate surface area is 111 Å². The van der Waals surface area contributed by atoms with Gasteiger partial charge in [0, 0.05) is 24.8 Å². The largest absolute Gasteiger partial charge is 0.384 e. The van der Waals surface area contributed by atoms with Crippen molar-refractivity contribution in [1.82, 2.24) is 14.8 Å². The lowest BCUT2D eigenvalue weighted by molar-refractivity contribution is 0.778. The normalized spacial score (nSPS) is 10.2. The van der Waals surface area contributed by atoms with E-state index in [1.54, 1.807) is 17.9 Å². The van der Waals surface area contributed by atoms with Gasteiger partial charge in [0.2, 0.25) is 0 Å². The second-order valence-corrected chi connectivity index (χ2v) is 4.42. The van der Waals surface area contributed by atoms with Crippen LogP contribution >= 0.6 is 0 Å². The molecule has 0 bridgehead atoms. The van der Waals surface area contributed by atoms with Gasteiger partial charge >= 0.3 is 0 Å². The maximum Gasteiger partial charge on any atom is 0.126 e. The second-order valence-electron chi connectivity index (χ2n) is 4.42. The Morgan fingerprint density at radius 3 is 2.79 bits per heavy atom. The fourth-order valence-corrected chi connectivity index (χ4v) is 1.93. The van der Waals surface area contributed by atoms with E-state index in [-0.39, 0.29) is 0 Å². The highest BCUT2D eigenvalue weighted by Crippen LogP contribution is 2.20. The van der Waals surface area contributed by atoms with Gasteiger partial charge in [-0.3, -0.25) is 9.67 Å². The molecule has 2 aromatic heterocycles. The Bertz CT molecular complexity index is 650. The van der Waals surface area contributed by atoms with Crippen LogP contribution in [0.2, 0.25) is 0 Å². The van der Waals surface area contributed by atoms with Crippen molar-refractivity contribution < 1.29 is 0 Å². The van der Waals surface area contributed by atoms with Crippen LogP contribution < -0.4 is 11.1 Å². The molecule has 0 saturated heterocycles. The summed E-state index contributed by atoms with van der Waals surface area (Å²) in [6, 6.07) is 4.03. The van der Waals surface area contributed by atoms with Crippen molar-refractivity contribution in [2.45, 2.75) is 20.4 Å². The Hall–Kier alpha value is -2.55. The lowest BCUT2D eigenvalue weighted by atomic mass is 10.1. The maximum absolute atomic E-state index is 9.17. The van der Waals surface area contributed by atoms with Gasteiger partial charge < -0.3 is 11.1 Å². The summed E-state index contributed by atoms with van der Waals surface area (Å²) in [6.07, 6.45) is 1.72. The second kappa shape index (κ2) is 4.98. The molecule has 6 nitrogen and oxygen atoms in total. The van der Waals surface area contributed by atoms with Crippen molar-refractivity contribution in [3.8, 4) is 6.07 Å². The predicted molar refractivity (Wildman–Crippen MR) is 73.4 cm³/mol. The minimum Gasteiger partial charge on any atom is -0.384 e. The van der Waals surface area contributed by atoms with Crippen LogP contribution in [0.5, 0.6) is 0 Å². The van der Waals surface area contributed by atoms with Gasteiger partial charge in [-0.1, -0.05) is 0 Å². The molecule has 2 aromatic rings. The van der Waals surface area contributed by atoms with E-state index < -0.39 is 0 Å². The lowest BCUT2D eigenvalue weighted by Crippen LogP contribution is -2.06. The summed E-state index contributed by atoms with van der Waals surface area (Å²) < 4.78 is 1.62. The zero-order valence-corrected chi connectivity index (χ0v) is 11.2. The molecular weight excluding hydrogens is 240 g/mol. The van der Waals surface area contributed by atoms with E-state index in [2.05, 4.69) is 21.5 Å². The third kappa shape index (κ3) is 2.50. The maximum atomic E-state index is 9.17. The molecule has 98 valence electrons. The molecule has 0 aliphatic heterocycles. The number of nitriles is 1. The summed E-state index contributed by atoms with van der Waals surface area (Å²) in [5, 5.41) is 16.5. The summed E-state index contributed by atoms with van der Waals surface area (Å²) in [6.45, 7) is 4.25. The number of nitrogens with two attached hydrogens (primary N) is 1. The Morgan fingerprint density at radius 2 is 2.21 bits per heavy atom. The van der Waals surface area contributed by atoms with Crippen LogP contribution in [0.15, 0.2) is 12.3 Å². The number of rotatable bonds is 3. The van der Waals surface area contributed by atoms with Crippen molar-refractivity contribution in [1.29, 1.82) is 5.26 Å². The standard InChI is InChI=1S/C13H16N6/c1-8-4-12(11(5-14)9(2)18-8)16-6-10-7-17-19(3)13(10)15/h4,7H,6,15H2,1-3H3,(H,16,18). The number of hydrogen-bond acceptors (Lipinski definition) is 5. The third-order valence-electron chi connectivity index (χ3n) is 2.97. The van der Waals surface area contributed by atoms with Gasteiger partial charge in [-0.05, 0) is 19.9 Å². The summed E-state index contributed by atoms with van der Waals surface area (Å²) in [5.41, 5.74) is 9.72. The van der Waals surface area contributed by atoms with Gasteiger partial charge in [-0.15, -0.1) is 0 Å². The average molecular weight is 256 g/mol. The van der Waals surface area contributed by atoms with E-state index in [1.807, 2.05) is 19.9 Å². The molecule has 0 saturated carbocycles. The van der Waals surface area contributed by atoms with Crippen molar-refractivity contribution >= 4 is 11.5 Å². The van der Waals surface area contributed by atoms with Crippen molar-refractivity contribution in [3.05, 3.63) is 34.8 Å². The van der Waals surface area contributed by atoms with Gasteiger partial charge in [0.15, 0.2) is 0 Å². The highest BCUT2D eigenvalue weighted by atomic mass is 15.3. The van der Waals surface area contributed by atoms with Gasteiger partial charge in [0.25, 0.3) is 0 Å². The number of aromatic nitrogens is 3. The highest BCUT2D eigenvalue weighted by Gasteiger charge is 2.09. The van der Waals surface area contributed by atoms with Crippen molar-refractivity contribution in [2.24, 2.45) is 7.05 Å². The van der Waals surface area contributed by atoms with Gasteiger partial charge in [0.1, 0.15) is 11.9 Å². The zero-order valence-electron chi connectivity index (χ0n) is 11.2. The molecular formula is C13H16N6. The van der Waals surface area contributed by atoms with Gasteiger partial charge in [-0.25, -0.2) is 0 Å². The molecule has 19 heavy (non-hydrogen) atoms. The molecule has 0 aromatic carbocycles. The van der Waals surface area contributed by atoms with E-state index in [9.17, 15) is 5.26 Å². The Morgan fingerprint density at radius 1 is 1.47 bits per heavy atom. The number of pyridine rings is 1. The van der Waals surface area contributed by atoms with Crippen LogP contribution in [0.1, 0.15) is 22.5 Å². The molecule has 2 rings (SSSR count). The van der Waals surface area contributed by atoms with Crippen molar-refractivity contribution in [3.63, 3.8) is 0 Å².